The average molecular weight is 233 g/mol. The minimum atomic E-state index is -0.500. The fourth-order valence-corrected chi connectivity index (χ4v) is 1.90. The molecule has 1 unspecified atom stereocenters. The van der Waals surface area contributed by atoms with Gasteiger partial charge < -0.3 is 9.64 Å². The van der Waals surface area contributed by atoms with Gasteiger partial charge in [0.25, 0.3) is 5.91 Å². The van der Waals surface area contributed by atoms with E-state index in [1.807, 2.05) is 6.92 Å². The van der Waals surface area contributed by atoms with Gasteiger partial charge in [0.05, 0.1) is 5.69 Å². The molecule has 4 heteroatoms. The summed E-state index contributed by atoms with van der Waals surface area (Å²) in [6.45, 7) is 3.52. The molecule has 0 aromatic heterocycles. The summed E-state index contributed by atoms with van der Waals surface area (Å²) in [4.78, 5) is 24.8. The second-order valence-corrected chi connectivity index (χ2v) is 4.12. The maximum atomic E-state index is 11.7. The van der Waals surface area contributed by atoms with E-state index in [4.69, 9.17) is 4.74 Å². The molecule has 1 aromatic carbocycles. The van der Waals surface area contributed by atoms with Crippen molar-refractivity contribution in [1.82, 2.24) is 0 Å². The summed E-state index contributed by atoms with van der Waals surface area (Å²) in [7, 11) is 1.71. The van der Waals surface area contributed by atoms with Crippen molar-refractivity contribution in [1.29, 1.82) is 0 Å². The summed E-state index contributed by atoms with van der Waals surface area (Å²) in [5.41, 5.74) is 1.34. The molecule has 17 heavy (non-hydrogen) atoms. The fourth-order valence-electron chi connectivity index (χ4n) is 1.90. The number of amides is 1. The Morgan fingerprint density at radius 2 is 2.18 bits per heavy atom. The first-order valence-corrected chi connectivity index (χ1v) is 5.66. The van der Waals surface area contributed by atoms with Crippen LogP contribution in [0.3, 0.4) is 0 Å². The number of hydrogen-bond donors (Lipinski definition) is 0. The molecule has 0 aliphatic carbocycles. The molecular formula is C13H15NO3. The van der Waals surface area contributed by atoms with Gasteiger partial charge in [-0.3, -0.25) is 9.59 Å². The number of Topliss-reactive ketones (excluding diaryl/α,β-unsaturated/α-hetero) is 1. The van der Waals surface area contributed by atoms with Crippen molar-refractivity contribution in [2.24, 2.45) is 0 Å². The number of ether oxygens (including phenoxy) is 1. The number of nitrogens with zero attached hydrogens (tertiary/aromatic N) is 1. The van der Waals surface area contributed by atoms with Gasteiger partial charge in [-0.25, -0.2) is 0 Å². The maximum Gasteiger partial charge on any atom is 0.267 e. The Bertz CT molecular complexity index is 482. The number of anilines is 1. The van der Waals surface area contributed by atoms with E-state index in [0.717, 1.165) is 0 Å². The summed E-state index contributed by atoms with van der Waals surface area (Å²) >= 11 is 0. The van der Waals surface area contributed by atoms with Crippen molar-refractivity contribution in [3.8, 4) is 5.75 Å². The van der Waals surface area contributed by atoms with Crippen molar-refractivity contribution in [3.63, 3.8) is 0 Å². The third kappa shape index (κ3) is 1.90. The van der Waals surface area contributed by atoms with Crippen molar-refractivity contribution in [2.45, 2.75) is 26.4 Å². The predicted octanol–water partition coefficient (Wildman–Crippen LogP) is 2.02. The van der Waals surface area contributed by atoms with Crippen LogP contribution in [0.2, 0.25) is 0 Å². The van der Waals surface area contributed by atoms with Crippen LogP contribution in [0.4, 0.5) is 5.69 Å². The highest BCUT2D eigenvalue weighted by atomic mass is 16.5. The first-order chi connectivity index (χ1) is 8.04. The van der Waals surface area contributed by atoms with Crippen LogP contribution in [0.1, 0.15) is 30.6 Å². The second kappa shape index (κ2) is 4.20. The Balaban J connectivity index is 2.44. The van der Waals surface area contributed by atoms with Crippen LogP contribution < -0.4 is 9.64 Å². The Morgan fingerprint density at radius 1 is 1.47 bits per heavy atom. The SMILES string of the molecule is CCC(=O)c1ccc2c(c1)OC(C)C(=O)N2C. The monoisotopic (exact) mass is 233 g/mol. The predicted molar refractivity (Wildman–Crippen MR) is 64.6 cm³/mol. The molecule has 90 valence electrons. The van der Waals surface area contributed by atoms with E-state index in [1.54, 1.807) is 37.1 Å². The van der Waals surface area contributed by atoms with Gasteiger partial charge in [-0.1, -0.05) is 6.92 Å². The molecule has 2 rings (SSSR count). The summed E-state index contributed by atoms with van der Waals surface area (Å²) < 4.78 is 5.51. The molecule has 1 aliphatic rings. The van der Waals surface area contributed by atoms with Gasteiger partial charge >= 0.3 is 0 Å². The number of carbonyl (C=O) groups excluding carboxylic acids is 2. The zero-order valence-corrected chi connectivity index (χ0v) is 10.2. The molecule has 4 nitrogen and oxygen atoms in total. The highest BCUT2D eigenvalue weighted by molar-refractivity contribution is 6.01. The first kappa shape index (κ1) is 11.6. The third-order valence-corrected chi connectivity index (χ3v) is 2.95. The van der Waals surface area contributed by atoms with Gasteiger partial charge in [0, 0.05) is 19.0 Å². The van der Waals surface area contributed by atoms with Crippen molar-refractivity contribution in [3.05, 3.63) is 23.8 Å². The second-order valence-electron chi connectivity index (χ2n) is 4.12. The number of rotatable bonds is 2. The molecule has 0 bridgehead atoms. The summed E-state index contributed by atoms with van der Waals surface area (Å²) in [5.74, 6) is 0.592. The van der Waals surface area contributed by atoms with Gasteiger partial charge in [-0.15, -0.1) is 0 Å². The van der Waals surface area contributed by atoms with Crippen molar-refractivity contribution >= 4 is 17.4 Å². The Morgan fingerprint density at radius 3 is 2.82 bits per heavy atom. The molecule has 0 spiro atoms. The lowest BCUT2D eigenvalue weighted by atomic mass is 10.1. The van der Waals surface area contributed by atoms with Crippen molar-refractivity contribution < 1.29 is 14.3 Å². The lowest BCUT2D eigenvalue weighted by molar-refractivity contribution is -0.125. The molecule has 1 aliphatic heterocycles. The zero-order valence-electron chi connectivity index (χ0n) is 10.2. The maximum absolute atomic E-state index is 11.7. The largest absolute Gasteiger partial charge is 0.479 e. The van der Waals surface area contributed by atoms with E-state index in [0.29, 0.717) is 23.4 Å². The normalized spacial score (nSPS) is 18.6. The Hall–Kier alpha value is -1.84. The fraction of sp³-hybridized carbons (Fsp3) is 0.385. The Kier molecular flexibility index (Phi) is 2.88. The van der Waals surface area contributed by atoms with E-state index >= 15 is 0 Å². The number of hydrogen-bond acceptors (Lipinski definition) is 3. The molecule has 0 saturated heterocycles. The number of benzene rings is 1. The minimum absolute atomic E-state index is 0.0728. The minimum Gasteiger partial charge on any atom is -0.479 e. The quantitative estimate of drug-likeness (QED) is 0.734. The molecule has 0 N–H and O–H groups in total. The molecule has 0 fully saturated rings. The first-order valence-electron chi connectivity index (χ1n) is 5.66. The number of fused-ring (bicyclic) bond motifs is 1. The average Bonchev–Trinajstić information content (AvgIpc) is 2.34. The van der Waals surface area contributed by atoms with Crippen LogP contribution in [0, 0.1) is 0 Å². The molecular weight excluding hydrogens is 218 g/mol. The molecule has 0 saturated carbocycles. The van der Waals surface area contributed by atoms with Gasteiger partial charge in [0.1, 0.15) is 5.75 Å². The highest BCUT2D eigenvalue weighted by Crippen LogP contribution is 2.34. The van der Waals surface area contributed by atoms with Gasteiger partial charge in [-0.2, -0.15) is 0 Å². The topological polar surface area (TPSA) is 46.6 Å². The van der Waals surface area contributed by atoms with Crippen LogP contribution in [-0.4, -0.2) is 24.8 Å². The van der Waals surface area contributed by atoms with Crippen LogP contribution in [0.5, 0.6) is 5.75 Å². The van der Waals surface area contributed by atoms with Crippen LogP contribution in [0.25, 0.3) is 0 Å². The standard InChI is InChI=1S/C13H15NO3/c1-4-11(15)9-5-6-10-12(7-9)17-8(2)13(16)14(10)3/h5-8H,4H2,1-3H3. The Labute approximate surface area is 100 Å². The van der Waals surface area contributed by atoms with Crippen molar-refractivity contribution in [2.75, 3.05) is 11.9 Å². The highest BCUT2D eigenvalue weighted by Gasteiger charge is 2.29. The van der Waals surface area contributed by atoms with Crippen LogP contribution in [-0.2, 0) is 4.79 Å². The van der Waals surface area contributed by atoms with Gasteiger partial charge in [0.15, 0.2) is 11.9 Å². The summed E-state index contributed by atoms with van der Waals surface area (Å²) in [6.07, 6.45) is -0.0391. The number of carbonyl (C=O) groups is 2. The molecule has 1 amide bonds. The zero-order chi connectivity index (χ0) is 12.6. The lowest BCUT2D eigenvalue weighted by Crippen LogP contribution is -2.42. The summed E-state index contributed by atoms with van der Waals surface area (Å²) in [6, 6.07) is 5.19. The molecule has 1 atom stereocenters. The third-order valence-electron chi connectivity index (χ3n) is 2.95. The molecule has 1 aromatic rings. The number of ketones is 1. The lowest BCUT2D eigenvalue weighted by Gasteiger charge is -2.30. The van der Waals surface area contributed by atoms with Crippen LogP contribution in [0.15, 0.2) is 18.2 Å². The van der Waals surface area contributed by atoms with E-state index in [1.165, 1.54) is 0 Å². The molecule has 1 heterocycles. The molecule has 0 radical (unpaired) electrons. The van der Waals surface area contributed by atoms with E-state index in [-0.39, 0.29) is 11.7 Å². The summed E-state index contributed by atoms with van der Waals surface area (Å²) in [5, 5.41) is 0. The van der Waals surface area contributed by atoms with E-state index < -0.39 is 6.10 Å². The van der Waals surface area contributed by atoms with Gasteiger partial charge in [-0.05, 0) is 25.1 Å². The van der Waals surface area contributed by atoms with Gasteiger partial charge in [0.2, 0.25) is 0 Å². The van der Waals surface area contributed by atoms with Crippen LogP contribution >= 0.6 is 0 Å². The van der Waals surface area contributed by atoms with E-state index in [9.17, 15) is 9.59 Å². The van der Waals surface area contributed by atoms with E-state index in [2.05, 4.69) is 0 Å². The smallest absolute Gasteiger partial charge is 0.267 e. The number of likely N-dealkylation sites (N-methyl/N-ethyl adjacent to an activating group) is 1.